The van der Waals surface area contributed by atoms with E-state index in [9.17, 15) is 4.79 Å². The molecular weight excluding hydrogens is 212 g/mol. The summed E-state index contributed by atoms with van der Waals surface area (Å²) in [5.41, 5.74) is 0. The first-order valence-corrected chi connectivity index (χ1v) is 7.09. The highest BCUT2D eigenvalue weighted by molar-refractivity contribution is 5.66. The molecule has 0 amide bonds. The van der Waals surface area contributed by atoms with Crippen LogP contribution in [0.5, 0.6) is 0 Å². The van der Waals surface area contributed by atoms with Crippen LogP contribution in [0.3, 0.4) is 0 Å². The average molecular weight is 240 g/mol. The molecule has 0 aliphatic rings. The van der Waals surface area contributed by atoms with Gasteiger partial charge < -0.3 is 4.74 Å². The Kier molecular flexibility index (Phi) is 12.7. The molecule has 0 atom stereocenters. The number of unbranched alkanes of at least 4 members (excludes halogenated alkanes) is 9. The Hall–Kier alpha value is -0.790. The second-order valence-electron chi connectivity index (χ2n) is 4.60. The smallest absolute Gasteiger partial charge is 0.307 e. The number of hydrogen-bond donors (Lipinski definition) is 0. The standard InChI is InChI=1S/C15H28O2/c1-3-4-5-6-7-8-9-10-11-12-13-14-17-15(2)16/h13-14H,3-12H2,1-2H3. The molecule has 0 N–H and O–H groups in total. The molecule has 0 aromatic rings. The lowest BCUT2D eigenvalue weighted by Gasteiger charge is -2.00. The summed E-state index contributed by atoms with van der Waals surface area (Å²) in [4.78, 5) is 10.5. The van der Waals surface area contributed by atoms with Crippen molar-refractivity contribution in [1.29, 1.82) is 0 Å². The van der Waals surface area contributed by atoms with E-state index in [2.05, 4.69) is 6.92 Å². The Morgan fingerprint density at radius 1 is 0.941 bits per heavy atom. The first-order chi connectivity index (χ1) is 8.27. The lowest BCUT2D eigenvalue weighted by atomic mass is 10.1. The fourth-order valence-electron chi connectivity index (χ4n) is 1.78. The molecule has 0 saturated heterocycles. The highest BCUT2D eigenvalue weighted by atomic mass is 16.5. The molecule has 0 spiro atoms. The van der Waals surface area contributed by atoms with Gasteiger partial charge in [-0.2, -0.15) is 0 Å². The molecule has 0 saturated carbocycles. The largest absolute Gasteiger partial charge is 0.435 e. The van der Waals surface area contributed by atoms with Gasteiger partial charge in [-0.3, -0.25) is 4.79 Å². The van der Waals surface area contributed by atoms with Crippen LogP contribution in [-0.4, -0.2) is 5.97 Å². The summed E-state index contributed by atoms with van der Waals surface area (Å²) < 4.78 is 4.70. The van der Waals surface area contributed by atoms with Crippen LogP contribution < -0.4 is 0 Å². The minimum Gasteiger partial charge on any atom is -0.435 e. The zero-order valence-electron chi connectivity index (χ0n) is 11.5. The highest BCUT2D eigenvalue weighted by Crippen LogP contribution is 2.10. The van der Waals surface area contributed by atoms with Gasteiger partial charge in [0, 0.05) is 6.92 Å². The van der Waals surface area contributed by atoms with Gasteiger partial charge >= 0.3 is 5.97 Å². The summed E-state index contributed by atoms with van der Waals surface area (Å²) in [6, 6.07) is 0. The molecule has 100 valence electrons. The van der Waals surface area contributed by atoms with E-state index < -0.39 is 0 Å². The number of rotatable bonds is 11. The zero-order chi connectivity index (χ0) is 12.8. The molecule has 2 heteroatoms. The Balaban J connectivity index is 3.03. The van der Waals surface area contributed by atoms with Gasteiger partial charge in [0.2, 0.25) is 0 Å². The summed E-state index contributed by atoms with van der Waals surface area (Å²) in [5.74, 6) is -0.242. The molecule has 0 rings (SSSR count). The molecule has 0 heterocycles. The minimum absolute atomic E-state index is 0.242. The normalized spacial score (nSPS) is 10.9. The van der Waals surface area contributed by atoms with Crippen LogP contribution in [-0.2, 0) is 9.53 Å². The third kappa shape index (κ3) is 15.2. The lowest BCUT2D eigenvalue weighted by Crippen LogP contribution is -1.89. The number of ether oxygens (including phenoxy) is 1. The Morgan fingerprint density at radius 2 is 1.47 bits per heavy atom. The SMILES string of the molecule is CCCCCCCCCCCC=COC(C)=O. The number of allylic oxidation sites excluding steroid dienone is 1. The Labute approximate surface area is 106 Å². The van der Waals surface area contributed by atoms with Gasteiger partial charge in [0.05, 0.1) is 6.26 Å². The van der Waals surface area contributed by atoms with Crippen LogP contribution in [0.4, 0.5) is 0 Å². The zero-order valence-corrected chi connectivity index (χ0v) is 11.5. The van der Waals surface area contributed by atoms with Crippen LogP contribution in [0.15, 0.2) is 12.3 Å². The Bertz CT molecular complexity index is 197. The van der Waals surface area contributed by atoms with E-state index in [1.54, 1.807) is 0 Å². The Morgan fingerprint density at radius 3 is 2.00 bits per heavy atom. The van der Waals surface area contributed by atoms with Gasteiger partial charge in [-0.05, 0) is 18.9 Å². The summed E-state index contributed by atoms with van der Waals surface area (Å²) in [5, 5.41) is 0. The van der Waals surface area contributed by atoms with Gasteiger partial charge in [0.15, 0.2) is 0 Å². The molecule has 0 aromatic carbocycles. The number of hydrogen-bond acceptors (Lipinski definition) is 2. The van der Waals surface area contributed by atoms with Gasteiger partial charge in [0.1, 0.15) is 0 Å². The third-order valence-corrected chi connectivity index (χ3v) is 2.80. The highest BCUT2D eigenvalue weighted by Gasteiger charge is 1.91. The average Bonchev–Trinajstić information content (AvgIpc) is 2.30. The van der Waals surface area contributed by atoms with Gasteiger partial charge in [-0.15, -0.1) is 0 Å². The van der Waals surface area contributed by atoms with E-state index in [1.807, 2.05) is 6.08 Å². The van der Waals surface area contributed by atoms with Gasteiger partial charge in [-0.25, -0.2) is 0 Å². The number of carbonyl (C=O) groups is 1. The first-order valence-electron chi connectivity index (χ1n) is 7.09. The van der Waals surface area contributed by atoms with Crippen molar-refractivity contribution < 1.29 is 9.53 Å². The van der Waals surface area contributed by atoms with E-state index >= 15 is 0 Å². The molecule has 17 heavy (non-hydrogen) atoms. The summed E-state index contributed by atoms with van der Waals surface area (Å²) in [6.45, 7) is 3.67. The van der Waals surface area contributed by atoms with Crippen molar-refractivity contribution in [1.82, 2.24) is 0 Å². The van der Waals surface area contributed by atoms with Crippen molar-refractivity contribution in [2.24, 2.45) is 0 Å². The third-order valence-electron chi connectivity index (χ3n) is 2.80. The molecule has 0 bridgehead atoms. The van der Waals surface area contributed by atoms with E-state index in [1.165, 1.54) is 71.0 Å². The molecule has 0 aliphatic heterocycles. The fourth-order valence-corrected chi connectivity index (χ4v) is 1.78. The molecular formula is C15H28O2. The van der Waals surface area contributed by atoms with E-state index in [0.29, 0.717) is 0 Å². The quantitative estimate of drug-likeness (QED) is 0.289. The maximum atomic E-state index is 10.5. The van der Waals surface area contributed by atoms with Crippen LogP contribution in [0.1, 0.15) is 78.1 Å². The topological polar surface area (TPSA) is 26.3 Å². The van der Waals surface area contributed by atoms with Crippen LogP contribution in [0.2, 0.25) is 0 Å². The summed E-state index contributed by atoms with van der Waals surface area (Å²) in [7, 11) is 0. The minimum atomic E-state index is -0.242. The van der Waals surface area contributed by atoms with Crippen molar-refractivity contribution in [3.8, 4) is 0 Å². The van der Waals surface area contributed by atoms with Crippen molar-refractivity contribution in [2.75, 3.05) is 0 Å². The molecule has 0 aliphatic carbocycles. The molecule has 0 aromatic heterocycles. The lowest BCUT2D eigenvalue weighted by molar-refractivity contribution is -0.135. The second-order valence-corrected chi connectivity index (χ2v) is 4.60. The monoisotopic (exact) mass is 240 g/mol. The molecule has 2 nitrogen and oxygen atoms in total. The van der Waals surface area contributed by atoms with Crippen LogP contribution in [0.25, 0.3) is 0 Å². The molecule has 0 unspecified atom stereocenters. The van der Waals surface area contributed by atoms with Crippen LogP contribution in [0, 0.1) is 0 Å². The maximum absolute atomic E-state index is 10.5. The first kappa shape index (κ1) is 16.2. The van der Waals surface area contributed by atoms with Gasteiger partial charge in [0.25, 0.3) is 0 Å². The van der Waals surface area contributed by atoms with Crippen molar-refractivity contribution >= 4 is 5.97 Å². The predicted octanol–water partition coefficient (Wildman–Crippen LogP) is 4.98. The van der Waals surface area contributed by atoms with Crippen molar-refractivity contribution in [3.05, 3.63) is 12.3 Å². The molecule has 0 radical (unpaired) electrons. The van der Waals surface area contributed by atoms with Crippen molar-refractivity contribution in [3.63, 3.8) is 0 Å². The van der Waals surface area contributed by atoms with Crippen LogP contribution >= 0.6 is 0 Å². The van der Waals surface area contributed by atoms with E-state index in [4.69, 9.17) is 4.74 Å². The fraction of sp³-hybridized carbons (Fsp3) is 0.800. The number of carbonyl (C=O) groups excluding carboxylic acids is 1. The van der Waals surface area contributed by atoms with E-state index in [0.717, 1.165) is 6.42 Å². The summed E-state index contributed by atoms with van der Waals surface area (Å²) >= 11 is 0. The number of esters is 1. The van der Waals surface area contributed by atoms with E-state index in [-0.39, 0.29) is 5.97 Å². The van der Waals surface area contributed by atoms with Gasteiger partial charge in [-0.1, -0.05) is 58.3 Å². The molecule has 0 fully saturated rings. The second kappa shape index (κ2) is 13.3. The summed E-state index contributed by atoms with van der Waals surface area (Å²) in [6.07, 6.45) is 16.6. The predicted molar refractivity (Wildman–Crippen MR) is 72.8 cm³/mol. The van der Waals surface area contributed by atoms with Crippen molar-refractivity contribution in [2.45, 2.75) is 78.1 Å². The maximum Gasteiger partial charge on any atom is 0.307 e.